The smallest absolute Gasteiger partial charge is 0.318 e. The number of carbonyl (C=O) groups is 1. The van der Waals surface area contributed by atoms with Crippen molar-refractivity contribution in [3.63, 3.8) is 0 Å². The SMILES string of the molecule is CC1(C)C2=C(CN1C(=O)NCc1ccccc1)NC(NC1CCOCC1)N=C2. The Labute approximate surface area is 166 Å². The first-order valence-corrected chi connectivity index (χ1v) is 10.0. The highest BCUT2D eigenvalue weighted by Crippen LogP contribution is 2.34. The number of carbonyl (C=O) groups excluding carboxylic acids is 1. The Morgan fingerprint density at radius 2 is 2.04 bits per heavy atom. The molecule has 0 bridgehead atoms. The van der Waals surface area contributed by atoms with E-state index < -0.39 is 5.54 Å². The van der Waals surface area contributed by atoms with Crippen LogP contribution in [0.3, 0.4) is 0 Å². The molecule has 28 heavy (non-hydrogen) atoms. The lowest BCUT2D eigenvalue weighted by atomic mass is 9.95. The number of rotatable bonds is 4. The number of nitrogens with one attached hydrogen (secondary N) is 3. The van der Waals surface area contributed by atoms with Crippen molar-refractivity contribution >= 4 is 12.2 Å². The van der Waals surface area contributed by atoms with E-state index in [1.165, 1.54) is 0 Å². The van der Waals surface area contributed by atoms with Crippen LogP contribution in [0.2, 0.25) is 0 Å². The Bertz CT molecular complexity index is 768. The highest BCUT2D eigenvalue weighted by molar-refractivity contribution is 5.88. The molecular weight excluding hydrogens is 354 g/mol. The summed E-state index contributed by atoms with van der Waals surface area (Å²) in [4.78, 5) is 19.4. The van der Waals surface area contributed by atoms with Crippen molar-refractivity contribution in [3.8, 4) is 0 Å². The summed E-state index contributed by atoms with van der Waals surface area (Å²) in [5, 5.41) is 10.1. The van der Waals surface area contributed by atoms with Gasteiger partial charge in [0, 0.05) is 43.3 Å². The number of ether oxygens (including phenoxy) is 1. The maximum Gasteiger partial charge on any atom is 0.318 e. The van der Waals surface area contributed by atoms with Gasteiger partial charge in [0.05, 0.1) is 12.1 Å². The van der Waals surface area contributed by atoms with Crippen molar-refractivity contribution in [2.45, 2.75) is 51.1 Å². The van der Waals surface area contributed by atoms with Crippen molar-refractivity contribution in [2.75, 3.05) is 19.8 Å². The van der Waals surface area contributed by atoms with E-state index in [0.29, 0.717) is 19.1 Å². The summed E-state index contributed by atoms with van der Waals surface area (Å²) in [5.41, 5.74) is 2.83. The maximum atomic E-state index is 12.9. The summed E-state index contributed by atoms with van der Waals surface area (Å²) in [5.74, 6) is 0. The molecule has 0 spiro atoms. The minimum atomic E-state index is -0.406. The van der Waals surface area contributed by atoms with Gasteiger partial charge in [-0.1, -0.05) is 30.3 Å². The third-order valence-corrected chi connectivity index (χ3v) is 5.79. The van der Waals surface area contributed by atoms with Crippen molar-refractivity contribution in [3.05, 3.63) is 47.2 Å². The lowest BCUT2D eigenvalue weighted by Gasteiger charge is -2.33. The first kappa shape index (κ1) is 19.0. The van der Waals surface area contributed by atoms with Crippen LogP contribution in [-0.4, -0.2) is 54.8 Å². The largest absolute Gasteiger partial charge is 0.381 e. The van der Waals surface area contributed by atoms with Gasteiger partial charge < -0.3 is 20.3 Å². The maximum absolute atomic E-state index is 12.9. The Morgan fingerprint density at radius 3 is 2.79 bits per heavy atom. The second-order valence-corrected chi connectivity index (χ2v) is 8.06. The molecule has 0 saturated carbocycles. The molecule has 0 aliphatic carbocycles. The summed E-state index contributed by atoms with van der Waals surface area (Å²) in [7, 11) is 0. The summed E-state index contributed by atoms with van der Waals surface area (Å²) in [6.07, 6.45) is 3.77. The molecule has 2 amide bonds. The molecule has 1 aromatic rings. The average Bonchev–Trinajstić information content (AvgIpc) is 2.98. The normalized spacial score (nSPS) is 24.1. The molecule has 3 aliphatic heterocycles. The third kappa shape index (κ3) is 3.91. The zero-order valence-corrected chi connectivity index (χ0v) is 16.6. The van der Waals surface area contributed by atoms with Crippen LogP contribution in [0.25, 0.3) is 0 Å². The third-order valence-electron chi connectivity index (χ3n) is 5.79. The molecule has 7 nitrogen and oxygen atoms in total. The van der Waals surface area contributed by atoms with E-state index >= 15 is 0 Å². The van der Waals surface area contributed by atoms with Crippen LogP contribution in [0.5, 0.6) is 0 Å². The zero-order chi connectivity index (χ0) is 19.6. The molecule has 0 radical (unpaired) electrons. The monoisotopic (exact) mass is 383 g/mol. The summed E-state index contributed by atoms with van der Waals surface area (Å²) >= 11 is 0. The molecule has 3 N–H and O–H groups in total. The zero-order valence-electron chi connectivity index (χ0n) is 16.6. The molecule has 7 heteroatoms. The van der Waals surface area contributed by atoms with Gasteiger partial charge in [-0.25, -0.2) is 4.79 Å². The van der Waals surface area contributed by atoms with Crippen LogP contribution in [0.15, 0.2) is 46.6 Å². The number of hydrogen-bond donors (Lipinski definition) is 3. The summed E-state index contributed by atoms with van der Waals surface area (Å²) in [6.45, 7) is 6.80. The van der Waals surface area contributed by atoms with Crippen LogP contribution in [0, 0.1) is 0 Å². The fraction of sp³-hybridized carbons (Fsp3) is 0.524. The number of aliphatic imine (C=N–C) groups is 1. The molecule has 1 aromatic carbocycles. The van der Waals surface area contributed by atoms with E-state index in [9.17, 15) is 4.79 Å². The van der Waals surface area contributed by atoms with Crippen LogP contribution in [0.1, 0.15) is 32.3 Å². The number of amides is 2. The molecule has 1 atom stereocenters. The second-order valence-electron chi connectivity index (χ2n) is 8.06. The fourth-order valence-corrected chi connectivity index (χ4v) is 4.03. The Hall–Kier alpha value is -2.38. The van der Waals surface area contributed by atoms with E-state index in [-0.39, 0.29) is 12.3 Å². The number of urea groups is 1. The molecule has 1 unspecified atom stereocenters. The van der Waals surface area contributed by atoms with Gasteiger partial charge >= 0.3 is 6.03 Å². The van der Waals surface area contributed by atoms with Gasteiger partial charge in [-0.05, 0) is 32.3 Å². The minimum absolute atomic E-state index is 0.0626. The molecule has 1 fully saturated rings. The highest BCUT2D eigenvalue weighted by atomic mass is 16.5. The predicted octanol–water partition coefficient (Wildman–Crippen LogP) is 1.97. The van der Waals surface area contributed by atoms with Crippen molar-refractivity contribution in [1.29, 1.82) is 0 Å². The number of nitrogens with zero attached hydrogens (tertiary/aromatic N) is 2. The molecular formula is C21H29N5O2. The van der Waals surface area contributed by atoms with Crippen molar-refractivity contribution in [2.24, 2.45) is 4.99 Å². The topological polar surface area (TPSA) is 78.0 Å². The lowest BCUT2D eigenvalue weighted by molar-refractivity contribution is 0.0742. The molecule has 0 aromatic heterocycles. The second kappa shape index (κ2) is 7.93. The van der Waals surface area contributed by atoms with Gasteiger partial charge in [0.1, 0.15) is 0 Å². The molecule has 150 valence electrons. The van der Waals surface area contributed by atoms with Gasteiger partial charge in [0.15, 0.2) is 6.29 Å². The number of benzene rings is 1. The van der Waals surface area contributed by atoms with Gasteiger partial charge in [0.2, 0.25) is 0 Å². The van der Waals surface area contributed by atoms with Crippen LogP contribution in [-0.2, 0) is 11.3 Å². The highest BCUT2D eigenvalue weighted by Gasteiger charge is 2.43. The Morgan fingerprint density at radius 1 is 1.29 bits per heavy atom. The first-order chi connectivity index (χ1) is 13.5. The quantitative estimate of drug-likeness (QED) is 0.743. The summed E-state index contributed by atoms with van der Waals surface area (Å²) in [6, 6.07) is 10.3. The van der Waals surface area contributed by atoms with Crippen LogP contribution >= 0.6 is 0 Å². The van der Waals surface area contributed by atoms with E-state index in [4.69, 9.17) is 4.74 Å². The van der Waals surface area contributed by atoms with Crippen LogP contribution < -0.4 is 16.0 Å². The first-order valence-electron chi connectivity index (χ1n) is 10.0. The van der Waals surface area contributed by atoms with Crippen molar-refractivity contribution < 1.29 is 9.53 Å². The van der Waals surface area contributed by atoms with Crippen LogP contribution in [0.4, 0.5) is 4.79 Å². The summed E-state index contributed by atoms with van der Waals surface area (Å²) < 4.78 is 5.42. The average molecular weight is 383 g/mol. The van der Waals surface area contributed by atoms with E-state index in [2.05, 4.69) is 34.8 Å². The van der Waals surface area contributed by atoms with Gasteiger partial charge in [-0.2, -0.15) is 0 Å². The lowest BCUT2D eigenvalue weighted by Crippen LogP contribution is -2.49. The Balaban J connectivity index is 1.36. The molecule has 4 rings (SSSR count). The standard InChI is InChI=1S/C21H29N5O2/c1-21(2)17-13-22-19(24-16-8-10-28-11-9-16)25-18(17)14-26(21)20(27)23-12-15-6-4-3-5-7-15/h3-7,13,16,19,24-25H,8-12,14H2,1-2H3,(H,23,27). The molecule has 3 aliphatic rings. The van der Waals surface area contributed by atoms with E-state index in [1.54, 1.807) is 0 Å². The van der Waals surface area contributed by atoms with Gasteiger partial charge in [0.25, 0.3) is 0 Å². The Kier molecular flexibility index (Phi) is 5.37. The van der Waals surface area contributed by atoms with Gasteiger partial charge in [-0.3, -0.25) is 10.3 Å². The van der Waals surface area contributed by atoms with Crippen molar-refractivity contribution in [1.82, 2.24) is 20.9 Å². The number of hydrogen-bond acceptors (Lipinski definition) is 5. The van der Waals surface area contributed by atoms with Gasteiger partial charge in [-0.15, -0.1) is 0 Å². The molecule has 1 saturated heterocycles. The van der Waals surface area contributed by atoms with E-state index in [1.807, 2.05) is 41.4 Å². The van der Waals surface area contributed by atoms with E-state index in [0.717, 1.165) is 42.9 Å². The molecule has 3 heterocycles. The fourth-order valence-electron chi connectivity index (χ4n) is 4.03. The predicted molar refractivity (Wildman–Crippen MR) is 109 cm³/mol. The minimum Gasteiger partial charge on any atom is -0.381 e.